The van der Waals surface area contributed by atoms with Crippen molar-refractivity contribution >= 4 is 11.8 Å². The molecule has 0 unspecified atom stereocenters. The molecule has 0 saturated carbocycles. The Labute approximate surface area is 119 Å². The normalized spacial score (nSPS) is 11.4. The number of aliphatic carboxylic acids is 1. The quantitative estimate of drug-likeness (QED) is 0.448. The highest BCUT2D eigenvalue weighted by Gasteiger charge is 2.15. The van der Waals surface area contributed by atoms with Gasteiger partial charge >= 0.3 is 5.97 Å². The number of rotatable bonds is 5. The van der Waals surface area contributed by atoms with Crippen molar-refractivity contribution in [3.8, 4) is 0 Å². The number of allylic oxidation sites excluding steroid dienone is 1. The van der Waals surface area contributed by atoms with E-state index in [0.29, 0.717) is 17.3 Å². The number of halogens is 1. The summed E-state index contributed by atoms with van der Waals surface area (Å²) in [6.07, 6.45) is 2.27. The van der Waals surface area contributed by atoms with Crippen molar-refractivity contribution in [2.45, 2.75) is 6.42 Å². The molecule has 0 amide bonds. The Morgan fingerprint density at radius 3 is 2.57 bits per heavy atom. The second-order valence-electron chi connectivity index (χ2n) is 4.34. The molecule has 21 heavy (non-hydrogen) atoms. The van der Waals surface area contributed by atoms with Gasteiger partial charge in [-0.3, -0.25) is 4.79 Å². The van der Waals surface area contributed by atoms with E-state index in [9.17, 15) is 14.0 Å². The van der Waals surface area contributed by atoms with Gasteiger partial charge in [-0.1, -0.05) is 18.2 Å². The first kappa shape index (κ1) is 14.5. The third kappa shape index (κ3) is 3.36. The van der Waals surface area contributed by atoms with Crippen LogP contribution in [0.5, 0.6) is 0 Å². The van der Waals surface area contributed by atoms with E-state index in [1.807, 2.05) is 0 Å². The maximum Gasteiger partial charge on any atom is 0.371 e. The highest BCUT2D eigenvalue weighted by Crippen LogP contribution is 2.16. The monoisotopic (exact) mass is 289 g/mol. The maximum absolute atomic E-state index is 13.6. The number of ketones is 1. The third-order valence-corrected chi connectivity index (χ3v) is 2.91. The predicted octanol–water partition coefficient (Wildman–Crippen LogP) is 2.45. The standard InChI is InChI=1S/C15H12FNO4/c16-11-4-2-1-3-9(11)7-12-10(5-6-17-12)13(18)8-14(19)15(20)21/h1-6,8,17,19H,7H2,(H,20,21). The molecule has 2 rings (SSSR count). The molecule has 0 saturated heterocycles. The van der Waals surface area contributed by atoms with Gasteiger partial charge in [0.2, 0.25) is 5.76 Å². The summed E-state index contributed by atoms with van der Waals surface area (Å²) in [7, 11) is 0. The number of aromatic amines is 1. The number of aliphatic hydroxyl groups is 1. The van der Waals surface area contributed by atoms with Crippen molar-refractivity contribution in [1.29, 1.82) is 0 Å². The summed E-state index contributed by atoms with van der Waals surface area (Å²) in [6, 6.07) is 7.60. The van der Waals surface area contributed by atoms with Crippen LogP contribution in [-0.2, 0) is 11.2 Å². The molecule has 0 radical (unpaired) electrons. The number of carboxylic acid groups (broad SMARTS) is 1. The van der Waals surface area contributed by atoms with Gasteiger partial charge in [-0.05, 0) is 17.7 Å². The number of hydrogen-bond donors (Lipinski definition) is 3. The van der Waals surface area contributed by atoms with Crippen molar-refractivity contribution in [2.24, 2.45) is 0 Å². The van der Waals surface area contributed by atoms with Crippen LogP contribution in [0.25, 0.3) is 0 Å². The van der Waals surface area contributed by atoms with E-state index in [2.05, 4.69) is 4.98 Å². The van der Waals surface area contributed by atoms with Crippen LogP contribution in [0.15, 0.2) is 48.4 Å². The van der Waals surface area contributed by atoms with Gasteiger partial charge in [-0.15, -0.1) is 0 Å². The lowest BCUT2D eigenvalue weighted by Crippen LogP contribution is -2.06. The molecule has 0 aliphatic rings. The van der Waals surface area contributed by atoms with E-state index in [1.165, 1.54) is 18.3 Å². The van der Waals surface area contributed by atoms with Crippen LogP contribution in [0.2, 0.25) is 0 Å². The Morgan fingerprint density at radius 1 is 1.19 bits per heavy atom. The maximum atomic E-state index is 13.6. The van der Waals surface area contributed by atoms with Crippen LogP contribution in [-0.4, -0.2) is 26.9 Å². The number of H-pyrrole nitrogens is 1. The minimum Gasteiger partial charge on any atom is -0.502 e. The van der Waals surface area contributed by atoms with Crippen molar-refractivity contribution in [3.63, 3.8) is 0 Å². The number of hydrogen-bond acceptors (Lipinski definition) is 3. The molecule has 5 nitrogen and oxygen atoms in total. The molecule has 0 atom stereocenters. The highest BCUT2D eigenvalue weighted by atomic mass is 19.1. The van der Waals surface area contributed by atoms with Gasteiger partial charge in [-0.2, -0.15) is 0 Å². The summed E-state index contributed by atoms with van der Waals surface area (Å²) >= 11 is 0. The van der Waals surface area contributed by atoms with Gasteiger partial charge in [0, 0.05) is 30.0 Å². The molecular formula is C15H12FNO4. The van der Waals surface area contributed by atoms with Crippen molar-refractivity contribution in [3.05, 3.63) is 71.0 Å². The average Bonchev–Trinajstić information content (AvgIpc) is 2.89. The van der Waals surface area contributed by atoms with E-state index in [1.54, 1.807) is 18.2 Å². The Kier molecular flexibility index (Phi) is 4.18. The molecule has 0 spiro atoms. The zero-order chi connectivity index (χ0) is 15.4. The fourth-order valence-corrected chi connectivity index (χ4v) is 1.88. The summed E-state index contributed by atoms with van der Waals surface area (Å²) in [5.74, 6) is -3.69. The summed E-state index contributed by atoms with van der Waals surface area (Å²) < 4.78 is 13.6. The highest BCUT2D eigenvalue weighted by molar-refractivity contribution is 6.08. The second-order valence-corrected chi connectivity index (χ2v) is 4.34. The van der Waals surface area contributed by atoms with Gasteiger partial charge < -0.3 is 15.2 Å². The molecule has 6 heteroatoms. The molecule has 0 bridgehead atoms. The number of nitrogens with one attached hydrogen (secondary N) is 1. The van der Waals surface area contributed by atoms with Crippen LogP contribution in [0.4, 0.5) is 4.39 Å². The first-order valence-corrected chi connectivity index (χ1v) is 6.07. The van der Waals surface area contributed by atoms with Crippen LogP contribution in [0, 0.1) is 5.82 Å². The Hall–Kier alpha value is -2.89. The van der Waals surface area contributed by atoms with Crippen molar-refractivity contribution in [1.82, 2.24) is 4.98 Å². The Bertz CT molecular complexity index is 718. The molecule has 0 aliphatic carbocycles. The molecule has 1 aromatic heterocycles. The van der Waals surface area contributed by atoms with Gasteiger partial charge in [0.05, 0.1) is 0 Å². The average molecular weight is 289 g/mol. The van der Waals surface area contributed by atoms with Crippen molar-refractivity contribution in [2.75, 3.05) is 0 Å². The Balaban J connectivity index is 2.27. The van der Waals surface area contributed by atoms with E-state index in [-0.39, 0.29) is 12.0 Å². The summed E-state index contributed by atoms with van der Waals surface area (Å²) in [5.41, 5.74) is 1.03. The summed E-state index contributed by atoms with van der Waals surface area (Å²) in [5, 5.41) is 17.6. The number of benzene rings is 1. The Morgan fingerprint density at radius 2 is 1.90 bits per heavy atom. The fraction of sp³-hybridized carbons (Fsp3) is 0.0667. The topological polar surface area (TPSA) is 90.4 Å². The number of aromatic nitrogens is 1. The van der Waals surface area contributed by atoms with Gasteiger partial charge in [0.1, 0.15) is 5.82 Å². The van der Waals surface area contributed by atoms with E-state index in [0.717, 1.165) is 0 Å². The largest absolute Gasteiger partial charge is 0.502 e. The number of carboxylic acids is 1. The van der Waals surface area contributed by atoms with E-state index < -0.39 is 23.3 Å². The zero-order valence-corrected chi connectivity index (χ0v) is 10.8. The van der Waals surface area contributed by atoms with Crippen LogP contribution in [0.3, 0.4) is 0 Å². The molecule has 3 N–H and O–H groups in total. The predicted molar refractivity (Wildman–Crippen MR) is 72.7 cm³/mol. The lowest BCUT2D eigenvalue weighted by atomic mass is 10.0. The molecule has 2 aromatic rings. The lowest BCUT2D eigenvalue weighted by molar-refractivity contribution is -0.135. The van der Waals surface area contributed by atoms with Crippen LogP contribution < -0.4 is 0 Å². The van der Waals surface area contributed by atoms with Gasteiger partial charge in [0.25, 0.3) is 0 Å². The summed E-state index contributed by atoms with van der Waals surface area (Å²) in [4.78, 5) is 25.2. The lowest BCUT2D eigenvalue weighted by Gasteiger charge is -2.03. The summed E-state index contributed by atoms with van der Waals surface area (Å²) in [6.45, 7) is 0. The molecule has 108 valence electrons. The smallest absolute Gasteiger partial charge is 0.371 e. The minimum atomic E-state index is -1.59. The van der Waals surface area contributed by atoms with E-state index >= 15 is 0 Å². The molecular weight excluding hydrogens is 277 g/mol. The van der Waals surface area contributed by atoms with Gasteiger partial charge in [0.15, 0.2) is 5.78 Å². The minimum absolute atomic E-state index is 0.155. The number of aliphatic hydroxyl groups excluding tert-OH is 1. The third-order valence-electron chi connectivity index (χ3n) is 2.91. The number of carbonyl (C=O) groups is 2. The molecule has 0 fully saturated rings. The van der Waals surface area contributed by atoms with Crippen LogP contribution in [0.1, 0.15) is 21.6 Å². The van der Waals surface area contributed by atoms with Gasteiger partial charge in [-0.25, -0.2) is 9.18 Å². The first-order chi connectivity index (χ1) is 9.99. The molecule has 1 aromatic carbocycles. The molecule has 0 aliphatic heterocycles. The SMILES string of the molecule is O=C(O)C(O)=CC(=O)c1cc[nH]c1Cc1ccccc1F. The number of carbonyl (C=O) groups excluding carboxylic acids is 1. The zero-order valence-electron chi connectivity index (χ0n) is 10.8. The van der Waals surface area contributed by atoms with Crippen molar-refractivity contribution < 1.29 is 24.2 Å². The van der Waals surface area contributed by atoms with E-state index in [4.69, 9.17) is 10.2 Å². The first-order valence-electron chi connectivity index (χ1n) is 6.07. The second kappa shape index (κ2) is 6.04. The molecule has 1 heterocycles. The fourth-order valence-electron chi connectivity index (χ4n) is 1.88. The van der Waals surface area contributed by atoms with Crippen LogP contribution >= 0.6 is 0 Å².